The molecule has 4 amide bonds. The molecule has 0 aromatic carbocycles. The monoisotopic (exact) mass is 888 g/mol. The van der Waals surface area contributed by atoms with E-state index in [-0.39, 0.29) is 81.8 Å². The maximum atomic E-state index is 12.4. The van der Waals surface area contributed by atoms with Crippen LogP contribution >= 0.6 is 0 Å². The predicted octanol–water partition coefficient (Wildman–Crippen LogP) is -9.73. The zero-order valence-corrected chi connectivity index (χ0v) is 38.3. The molecular formula is C28H34N4Na2O18S4. The van der Waals surface area contributed by atoms with Gasteiger partial charge in [0.25, 0.3) is 0 Å². The van der Waals surface area contributed by atoms with E-state index in [1.54, 1.807) is 0 Å². The van der Waals surface area contributed by atoms with Gasteiger partial charge in [0.2, 0.25) is 23.6 Å². The number of carbonyl (C=O) groups excluding carboxylic acids is 6. The fourth-order valence-corrected chi connectivity index (χ4v) is 9.86. The van der Waals surface area contributed by atoms with E-state index >= 15 is 0 Å². The number of hydrogen-bond acceptors (Lipinski definition) is 16. The fourth-order valence-electron chi connectivity index (χ4n) is 6.44. The van der Waals surface area contributed by atoms with Crippen LogP contribution in [0, 0.1) is 11.8 Å². The average Bonchev–Trinajstić information content (AvgIpc) is 3.48. The maximum absolute atomic E-state index is 12.4. The van der Waals surface area contributed by atoms with Crippen LogP contribution in [-0.2, 0) is 79.5 Å². The third kappa shape index (κ3) is 12.0. The second kappa shape index (κ2) is 19.3. The zero-order chi connectivity index (χ0) is 41.5. The average molecular weight is 889 g/mol. The molecular weight excluding hydrogens is 855 g/mol. The molecule has 6 atom stereocenters. The Hall–Kier alpha value is -2.18. The van der Waals surface area contributed by atoms with Crippen molar-refractivity contribution in [3.05, 3.63) is 44.4 Å². The van der Waals surface area contributed by atoms with Crippen molar-refractivity contribution in [2.45, 2.75) is 77.7 Å². The molecule has 28 heteroatoms. The molecule has 0 radical (unpaired) electrons. The second-order valence-electron chi connectivity index (χ2n) is 12.9. The Morgan fingerprint density at radius 2 is 1.00 bits per heavy atom. The molecule has 4 aliphatic rings. The minimum Gasteiger partial charge on any atom is -0.543 e. The normalized spacial score (nSPS) is 23.1. The number of carbonyl (C=O) groups is 6. The molecule has 4 rings (SSSR count). The van der Waals surface area contributed by atoms with E-state index in [1.165, 1.54) is 41.5 Å². The number of nitrogens with one attached hydrogen (secondary N) is 2. The molecule has 300 valence electrons. The van der Waals surface area contributed by atoms with Crippen LogP contribution in [0.3, 0.4) is 0 Å². The van der Waals surface area contributed by atoms with Gasteiger partial charge in [-0.25, -0.2) is 16.8 Å². The largest absolute Gasteiger partial charge is 1.00 e. The molecule has 0 aromatic heterocycles. The summed E-state index contributed by atoms with van der Waals surface area (Å²) < 4.78 is 95.7. The Kier molecular flexibility index (Phi) is 17.8. The van der Waals surface area contributed by atoms with Crippen LogP contribution in [0.2, 0.25) is 0 Å². The van der Waals surface area contributed by atoms with Crippen molar-refractivity contribution in [3.8, 4) is 0 Å². The third-order valence-corrected chi connectivity index (χ3v) is 11.9. The van der Waals surface area contributed by atoms with Gasteiger partial charge in [-0.05, 0) is 27.7 Å². The van der Waals surface area contributed by atoms with Gasteiger partial charge in [-0.3, -0.25) is 28.3 Å². The van der Waals surface area contributed by atoms with Crippen LogP contribution in [0.15, 0.2) is 44.4 Å². The standard InChI is InChI=1S/2C14H18N2O9S2.2Na/c2*1-7(17)15-4-5-26(21)9-6-8-10(14(2,3)25-27(22,23)24)12(18)16(8)11(9)13(19)20;;/h2*4-5,8,10H,6H2,1-3H3,(H,15,17)(H,19,20)(H,22,23,24);;/q;;2*+1/p-2/b2*5-4-;;/t2*8-,10+,26+;;/m11../s1. The minimum atomic E-state index is -4.86. The van der Waals surface area contributed by atoms with Gasteiger partial charge in [0.05, 0.1) is 80.1 Å². The van der Waals surface area contributed by atoms with Crippen molar-refractivity contribution in [2.75, 3.05) is 0 Å². The van der Waals surface area contributed by atoms with E-state index in [2.05, 4.69) is 19.0 Å². The smallest absolute Gasteiger partial charge is 0.543 e. The number of carboxylic acid groups (broad SMARTS) is 2. The van der Waals surface area contributed by atoms with Crippen LogP contribution < -0.4 is 80.0 Å². The Balaban J connectivity index is 0.000000541. The molecule has 0 unspecified atom stereocenters. The Morgan fingerprint density at radius 3 is 1.23 bits per heavy atom. The van der Waals surface area contributed by atoms with Gasteiger partial charge < -0.3 is 40.2 Å². The van der Waals surface area contributed by atoms with Crippen molar-refractivity contribution < 1.29 is 141 Å². The Bertz CT molecular complexity index is 1930. The molecule has 0 aliphatic carbocycles. The number of hydrogen-bond donors (Lipinski definition) is 4. The van der Waals surface area contributed by atoms with Crippen molar-refractivity contribution >= 4 is 78.0 Å². The van der Waals surface area contributed by atoms with Gasteiger partial charge in [-0.1, -0.05) is 0 Å². The molecule has 4 heterocycles. The minimum absolute atomic E-state index is 0. The third-order valence-electron chi connectivity index (χ3n) is 8.21. The van der Waals surface area contributed by atoms with Crippen LogP contribution in [0.5, 0.6) is 0 Å². The van der Waals surface area contributed by atoms with Gasteiger partial charge in [-0.15, -0.1) is 0 Å². The zero-order valence-electron chi connectivity index (χ0n) is 31.0. The van der Waals surface area contributed by atoms with Gasteiger partial charge in [0.15, 0.2) is 0 Å². The first-order valence-corrected chi connectivity index (χ1v) is 20.3. The molecule has 4 aliphatic heterocycles. The summed E-state index contributed by atoms with van der Waals surface area (Å²) in [6.45, 7) is 7.47. The SMILES string of the molecule is CC(=O)N/C=C\[S@](=O)C1=C(C(=O)[O-])N2C(=O)[C@@H](C(C)(C)OS(=O)(=O)O)[C@H]2C1.CC(=O)N/C=C\[S@](=O)C1=C(C(=O)[O-])N2C(=O)[C@@H](C(C)(C)OS(=O)(=O)O)[C@H]2C1.[Na+].[Na+]. The summed E-state index contributed by atoms with van der Waals surface area (Å²) in [5.41, 5.74) is -4.44. The summed E-state index contributed by atoms with van der Waals surface area (Å²) in [5, 5.41) is 29.5. The summed E-state index contributed by atoms with van der Waals surface area (Å²) >= 11 is 0. The summed E-state index contributed by atoms with van der Waals surface area (Å²) in [6.07, 6.45) is 1.90. The van der Waals surface area contributed by atoms with Crippen molar-refractivity contribution in [1.82, 2.24) is 20.4 Å². The van der Waals surface area contributed by atoms with Crippen LogP contribution in [0.4, 0.5) is 0 Å². The molecule has 22 nitrogen and oxygen atoms in total. The van der Waals surface area contributed by atoms with E-state index in [9.17, 15) is 64.2 Å². The molecule has 0 bridgehead atoms. The van der Waals surface area contributed by atoms with Gasteiger partial charge in [0, 0.05) is 59.7 Å². The first-order chi connectivity index (χ1) is 24.5. The van der Waals surface area contributed by atoms with E-state index in [0.29, 0.717) is 0 Å². The Labute approximate surface area is 369 Å². The first kappa shape index (κ1) is 51.8. The van der Waals surface area contributed by atoms with Gasteiger partial charge >= 0.3 is 79.9 Å². The molecule has 0 aromatic rings. The predicted molar refractivity (Wildman–Crippen MR) is 177 cm³/mol. The number of amides is 4. The summed E-state index contributed by atoms with van der Waals surface area (Å²) in [7, 11) is -13.7. The topological polar surface area (TPSA) is 340 Å². The summed E-state index contributed by atoms with van der Waals surface area (Å²) in [4.78, 5) is 71.0. The van der Waals surface area contributed by atoms with E-state index in [1.807, 2.05) is 0 Å². The number of carboxylic acids is 2. The number of nitrogens with zero attached hydrogens (tertiary/aromatic N) is 2. The number of fused-ring (bicyclic) bond motifs is 2. The van der Waals surface area contributed by atoms with Gasteiger partial charge in [0.1, 0.15) is 0 Å². The second-order valence-corrected chi connectivity index (χ2v) is 17.6. The van der Waals surface area contributed by atoms with E-state index < -0.39 is 124 Å². The number of β-lactam (4-membered cyclic amide) rings is 2. The fraction of sp³-hybridized carbons (Fsp3) is 0.500. The maximum Gasteiger partial charge on any atom is 1.00 e. The van der Waals surface area contributed by atoms with E-state index in [4.69, 9.17) is 9.11 Å². The first-order valence-electron chi connectivity index (χ1n) is 15.1. The van der Waals surface area contributed by atoms with Crippen LogP contribution in [-0.4, -0.2) is 103 Å². The molecule has 0 saturated carbocycles. The number of rotatable bonds is 14. The van der Waals surface area contributed by atoms with Crippen molar-refractivity contribution in [3.63, 3.8) is 0 Å². The van der Waals surface area contributed by atoms with Crippen LogP contribution in [0.1, 0.15) is 54.4 Å². The summed E-state index contributed by atoms with van der Waals surface area (Å²) in [5.74, 6) is -7.98. The molecule has 56 heavy (non-hydrogen) atoms. The summed E-state index contributed by atoms with van der Waals surface area (Å²) in [6, 6.07) is -1.65. The molecule has 4 N–H and O–H groups in total. The van der Waals surface area contributed by atoms with Crippen LogP contribution in [0.25, 0.3) is 0 Å². The molecule has 2 saturated heterocycles. The molecule has 0 spiro atoms. The van der Waals surface area contributed by atoms with E-state index in [0.717, 1.165) is 33.0 Å². The Morgan fingerprint density at radius 1 is 0.714 bits per heavy atom. The number of aliphatic carboxylic acids is 2. The van der Waals surface area contributed by atoms with Crippen molar-refractivity contribution in [2.24, 2.45) is 11.8 Å². The van der Waals surface area contributed by atoms with Crippen molar-refractivity contribution in [1.29, 1.82) is 0 Å². The quantitative estimate of drug-likeness (QED) is 0.0715. The molecule has 2 fully saturated rings. The van der Waals surface area contributed by atoms with Gasteiger partial charge in [-0.2, -0.15) is 16.8 Å².